The van der Waals surface area contributed by atoms with E-state index in [1.807, 2.05) is 12.3 Å². The Labute approximate surface area is 139 Å². The lowest BCUT2D eigenvalue weighted by atomic mass is 10.0. The van der Waals surface area contributed by atoms with Crippen LogP contribution in [0.2, 0.25) is 0 Å². The van der Waals surface area contributed by atoms with Crippen LogP contribution in [-0.2, 0) is 4.74 Å². The van der Waals surface area contributed by atoms with Crippen LogP contribution < -0.4 is 4.90 Å². The Morgan fingerprint density at radius 3 is 2.65 bits per heavy atom. The van der Waals surface area contributed by atoms with Crippen LogP contribution in [0.4, 0.5) is 5.82 Å². The van der Waals surface area contributed by atoms with Gasteiger partial charge >= 0.3 is 0 Å². The van der Waals surface area contributed by atoms with Crippen molar-refractivity contribution in [3.05, 3.63) is 18.6 Å². The second kappa shape index (κ2) is 8.57. The first-order valence-corrected chi connectivity index (χ1v) is 8.84. The average Bonchev–Trinajstić information content (AvgIpc) is 2.89. The van der Waals surface area contributed by atoms with Gasteiger partial charge in [0.2, 0.25) is 0 Å². The van der Waals surface area contributed by atoms with Crippen molar-refractivity contribution < 1.29 is 4.74 Å². The molecule has 1 aromatic heterocycles. The fraction of sp³-hybridized carbons (Fsp3) is 0.765. The number of hydrogen-bond acceptors (Lipinski definition) is 6. The van der Waals surface area contributed by atoms with E-state index in [2.05, 4.69) is 31.7 Å². The average molecular weight is 319 g/mol. The summed E-state index contributed by atoms with van der Waals surface area (Å²) in [6.45, 7) is 8.83. The summed E-state index contributed by atoms with van der Waals surface area (Å²) >= 11 is 0. The zero-order chi connectivity index (χ0) is 15.9. The summed E-state index contributed by atoms with van der Waals surface area (Å²) in [7, 11) is 2.15. The van der Waals surface area contributed by atoms with Gasteiger partial charge < -0.3 is 14.5 Å². The van der Waals surface area contributed by atoms with Crippen molar-refractivity contribution in [2.24, 2.45) is 0 Å². The molecular weight excluding hydrogens is 290 g/mol. The van der Waals surface area contributed by atoms with Crippen molar-refractivity contribution in [2.45, 2.75) is 25.3 Å². The first kappa shape index (κ1) is 16.6. The summed E-state index contributed by atoms with van der Waals surface area (Å²) in [5.41, 5.74) is 0. The number of piperidine rings is 1. The third-order valence-electron chi connectivity index (χ3n) is 5.08. The number of nitrogens with zero attached hydrogens (tertiary/aromatic N) is 5. The van der Waals surface area contributed by atoms with Crippen LogP contribution >= 0.6 is 0 Å². The molecule has 0 amide bonds. The first-order valence-electron chi connectivity index (χ1n) is 8.84. The summed E-state index contributed by atoms with van der Waals surface area (Å²) in [4.78, 5) is 15.8. The Bertz CT molecular complexity index is 442. The van der Waals surface area contributed by atoms with Crippen LogP contribution in [0.3, 0.4) is 0 Å². The zero-order valence-electron chi connectivity index (χ0n) is 14.2. The molecule has 0 aromatic carbocycles. The molecule has 0 bridgehead atoms. The second-order valence-electron chi connectivity index (χ2n) is 6.56. The van der Waals surface area contributed by atoms with Crippen molar-refractivity contribution in [1.82, 2.24) is 19.8 Å². The molecule has 0 radical (unpaired) electrons. The van der Waals surface area contributed by atoms with Crippen LogP contribution in [0.15, 0.2) is 18.6 Å². The maximum atomic E-state index is 5.53. The lowest BCUT2D eigenvalue weighted by Gasteiger charge is -2.37. The molecule has 23 heavy (non-hydrogen) atoms. The number of likely N-dealkylation sites (tertiary alicyclic amines) is 1. The van der Waals surface area contributed by atoms with Crippen LogP contribution in [0, 0.1) is 0 Å². The maximum absolute atomic E-state index is 5.53. The molecule has 3 heterocycles. The predicted molar refractivity (Wildman–Crippen MR) is 91.8 cm³/mol. The van der Waals surface area contributed by atoms with E-state index in [1.54, 1.807) is 6.33 Å². The molecule has 6 nitrogen and oxygen atoms in total. The second-order valence-corrected chi connectivity index (χ2v) is 6.56. The van der Waals surface area contributed by atoms with Crippen LogP contribution in [0.5, 0.6) is 0 Å². The van der Waals surface area contributed by atoms with Gasteiger partial charge in [-0.05, 0) is 25.3 Å². The van der Waals surface area contributed by atoms with Gasteiger partial charge in [0.05, 0.1) is 6.61 Å². The molecule has 0 aliphatic carbocycles. The summed E-state index contributed by atoms with van der Waals surface area (Å²) < 4.78 is 5.53. The van der Waals surface area contributed by atoms with E-state index in [0.29, 0.717) is 6.04 Å². The molecule has 0 atom stereocenters. The molecule has 0 spiro atoms. The van der Waals surface area contributed by atoms with E-state index >= 15 is 0 Å². The van der Waals surface area contributed by atoms with E-state index in [9.17, 15) is 0 Å². The Balaban J connectivity index is 1.40. The van der Waals surface area contributed by atoms with Crippen molar-refractivity contribution >= 4 is 5.82 Å². The summed E-state index contributed by atoms with van der Waals surface area (Å²) in [5.74, 6) is 1.03. The van der Waals surface area contributed by atoms with Crippen molar-refractivity contribution in [1.29, 1.82) is 0 Å². The SMILES string of the molecule is CN(c1ccncn1)C1CCN(CCN2CCCOCC2)CC1. The largest absolute Gasteiger partial charge is 0.380 e. The lowest BCUT2D eigenvalue weighted by Crippen LogP contribution is -2.46. The molecule has 128 valence electrons. The highest BCUT2D eigenvalue weighted by atomic mass is 16.5. The molecule has 2 aliphatic rings. The van der Waals surface area contributed by atoms with Crippen LogP contribution in [0.1, 0.15) is 19.3 Å². The van der Waals surface area contributed by atoms with Crippen LogP contribution in [0.25, 0.3) is 0 Å². The molecule has 0 saturated carbocycles. The third-order valence-corrected chi connectivity index (χ3v) is 5.08. The number of aromatic nitrogens is 2. The fourth-order valence-electron chi connectivity index (χ4n) is 3.51. The summed E-state index contributed by atoms with van der Waals surface area (Å²) in [6.07, 6.45) is 7.05. The molecule has 0 N–H and O–H groups in total. The van der Waals surface area contributed by atoms with E-state index in [4.69, 9.17) is 4.74 Å². The minimum absolute atomic E-state index is 0.590. The van der Waals surface area contributed by atoms with E-state index < -0.39 is 0 Å². The van der Waals surface area contributed by atoms with Crippen molar-refractivity contribution in [2.75, 3.05) is 64.4 Å². The quantitative estimate of drug-likeness (QED) is 0.810. The Kier molecular flexibility index (Phi) is 6.19. The molecular formula is C17H29N5O. The number of ether oxygens (including phenoxy) is 1. The van der Waals surface area contributed by atoms with E-state index in [1.165, 1.54) is 52.0 Å². The van der Waals surface area contributed by atoms with Gasteiger partial charge in [0.1, 0.15) is 12.1 Å². The normalized spacial score (nSPS) is 22.0. The highest BCUT2D eigenvalue weighted by Gasteiger charge is 2.23. The standard InChI is InChI=1S/C17H29N5O/c1-20(17-3-6-18-15-19-17)16-4-8-22(9-5-16)11-10-21-7-2-13-23-14-12-21/h3,6,15-16H,2,4-5,7-14H2,1H3. The Morgan fingerprint density at radius 2 is 1.91 bits per heavy atom. The van der Waals surface area contributed by atoms with Gasteiger partial charge in [-0.2, -0.15) is 0 Å². The van der Waals surface area contributed by atoms with Crippen molar-refractivity contribution in [3.8, 4) is 0 Å². The Morgan fingerprint density at radius 1 is 1.13 bits per heavy atom. The highest BCUT2D eigenvalue weighted by molar-refractivity contribution is 5.36. The number of rotatable bonds is 5. The number of hydrogen-bond donors (Lipinski definition) is 0. The van der Waals surface area contributed by atoms with Crippen molar-refractivity contribution in [3.63, 3.8) is 0 Å². The zero-order valence-corrected chi connectivity index (χ0v) is 14.2. The minimum atomic E-state index is 0.590. The topological polar surface area (TPSA) is 44.7 Å². The predicted octanol–water partition coefficient (Wildman–Crippen LogP) is 1.10. The smallest absolute Gasteiger partial charge is 0.131 e. The van der Waals surface area contributed by atoms with Gasteiger partial charge in [-0.25, -0.2) is 9.97 Å². The van der Waals surface area contributed by atoms with Crippen LogP contribution in [-0.4, -0.2) is 85.3 Å². The first-order chi connectivity index (χ1) is 11.3. The Hall–Kier alpha value is -1.24. The molecule has 1 aromatic rings. The minimum Gasteiger partial charge on any atom is -0.380 e. The molecule has 6 heteroatoms. The molecule has 2 saturated heterocycles. The maximum Gasteiger partial charge on any atom is 0.131 e. The monoisotopic (exact) mass is 319 g/mol. The highest BCUT2D eigenvalue weighted by Crippen LogP contribution is 2.19. The molecule has 2 aliphatic heterocycles. The van der Waals surface area contributed by atoms with Gasteiger partial charge in [0.15, 0.2) is 0 Å². The molecule has 2 fully saturated rings. The fourth-order valence-corrected chi connectivity index (χ4v) is 3.51. The van der Waals surface area contributed by atoms with E-state index in [0.717, 1.165) is 25.6 Å². The van der Waals surface area contributed by atoms with Gasteiger partial charge in [0.25, 0.3) is 0 Å². The van der Waals surface area contributed by atoms with Gasteiger partial charge in [-0.3, -0.25) is 4.90 Å². The number of anilines is 1. The summed E-state index contributed by atoms with van der Waals surface area (Å²) in [6, 6.07) is 2.58. The van der Waals surface area contributed by atoms with Gasteiger partial charge in [0, 0.05) is 65.2 Å². The van der Waals surface area contributed by atoms with E-state index in [-0.39, 0.29) is 0 Å². The third kappa shape index (κ3) is 4.86. The molecule has 3 rings (SSSR count). The summed E-state index contributed by atoms with van der Waals surface area (Å²) in [5, 5.41) is 0. The van der Waals surface area contributed by atoms with Gasteiger partial charge in [-0.15, -0.1) is 0 Å². The molecule has 0 unspecified atom stereocenters. The lowest BCUT2D eigenvalue weighted by molar-refractivity contribution is 0.135. The van der Waals surface area contributed by atoms with Gasteiger partial charge in [-0.1, -0.05) is 0 Å².